The Morgan fingerprint density at radius 1 is 0.966 bits per heavy atom. The van der Waals surface area contributed by atoms with E-state index in [1.165, 1.54) is 6.07 Å². The van der Waals surface area contributed by atoms with Crippen molar-refractivity contribution in [3.8, 4) is 11.8 Å². The number of benzene rings is 3. The number of ether oxygens (including phenoxy) is 1. The van der Waals surface area contributed by atoms with E-state index in [0.717, 1.165) is 5.56 Å². The molecule has 6 nitrogen and oxygen atoms in total. The van der Waals surface area contributed by atoms with Crippen LogP contribution in [0.4, 0.5) is 10.5 Å². The molecule has 0 aliphatic carbocycles. The average molecular weight is 406 g/mol. The summed E-state index contributed by atoms with van der Waals surface area (Å²) in [7, 11) is 0. The summed E-state index contributed by atoms with van der Waals surface area (Å²) in [6, 6.07) is 21.7. The molecule has 0 spiro atoms. The number of hydrogen-bond donors (Lipinski definition) is 2. The van der Waals surface area contributed by atoms with Gasteiger partial charge in [0.25, 0.3) is 5.91 Å². The van der Waals surface area contributed by atoms with Gasteiger partial charge in [-0.1, -0.05) is 35.9 Å². The number of urea groups is 1. The van der Waals surface area contributed by atoms with Crippen molar-refractivity contribution in [1.29, 1.82) is 5.26 Å². The second-order valence-corrected chi connectivity index (χ2v) is 6.42. The molecule has 7 heteroatoms. The zero-order valence-electron chi connectivity index (χ0n) is 15.2. The van der Waals surface area contributed by atoms with Crippen LogP contribution in [0.3, 0.4) is 0 Å². The maximum absolute atomic E-state index is 12.1. The van der Waals surface area contributed by atoms with Crippen LogP contribution in [0.2, 0.25) is 5.02 Å². The molecule has 0 aliphatic rings. The van der Waals surface area contributed by atoms with Crippen LogP contribution in [0.1, 0.15) is 21.5 Å². The zero-order chi connectivity index (χ0) is 20.6. The molecular formula is C22H16ClN3O3. The monoisotopic (exact) mass is 405 g/mol. The van der Waals surface area contributed by atoms with E-state index < -0.39 is 11.9 Å². The summed E-state index contributed by atoms with van der Waals surface area (Å²) < 4.78 is 5.68. The third-order valence-electron chi connectivity index (χ3n) is 3.95. The molecule has 0 heterocycles. The van der Waals surface area contributed by atoms with Crippen molar-refractivity contribution in [3.63, 3.8) is 0 Å². The Hall–Kier alpha value is -3.82. The van der Waals surface area contributed by atoms with Gasteiger partial charge < -0.3 is 10.1 Å². The van der Waals surface area contributed by atoms with Gasteiger partial charge in [0.05, 0.1) is 22.2 Å². The molecule has 3 aromatic carbocycles. The summed E-state index contributed by atoms with van der Waals surface area (Å²) in [5.74, 6) is 0.0305. The van der Waals surface area contributed by atoms with Crippen LogP contribution in [0.25, 0.3) is 0 Å². The minimum absolute atomic E-state index is 0.218. The number of amides is 3. The molecule has 0 bridgehead atoms. The Kier molecular flexibility index (Phi) is 6.46. The normalized spacial score (nSPS) is 9.93. The van der Waals surface area contributed by atoms with Gasteiger partial charge in [-0.2, -0.15) is 5.26 Å². The van der Waals surface area contributed by atoms with Crippen molar-refractivity contribution in [2.75, 3.05) is 5.32 Å². The maximum atomic E-state index is 12.1. The average Bonchev–Trinajstić information content (AvgIpc) is 2.74. The van der Waals surface area contributed by atoms with Crippen LogP contribution < -0.4 is 15.4 Å². The fourth-order valence-corrected chi connectivity index (χ4v) is 2.68. The van der Waals surface area contributed by atoms with Gasteiger partial charge in [-0.05, 0) is 54.1 Å². The number of carbonyl (C=O) groups is 2. The number of nitrogens with zero attached hydrogens (tertiary/aromatic N) is 1. The largest absolute Gasteiger partial charge is 0.489 e. The number of anilines is 1. The van der Waals surface area contributed by atoms with Crippen molar-refractivity contribution < 1.29 is 14.3 Å². The highest BCUT2D eigenvalue weighted by Gasteiger charge is 2.13. The van der Waals surface area contributed by atoms with Gasteiger partial charge in [-0.15, -0.1) is 0 Å². The van der Waals surface area contributed by atoms with E-state index in [1.54, 1.807) is 54.6 Å². The van der Waals surface area contributed by atoms with E-state index >= 15 is 0 Å². The Labute approximate surface area is 172 Å². The highest BCUT2D eigenvalue weighted by atomic mass is 35.5. The molecule has 0 fully saturated rings. The van der Waals surface area contributed by atoms with Crippen LogP contribution in [-0.4, -0.2) is 11.9 Å². The number of carbonyl (C=O) groups excluding carboxylic acids is 2. The van der Waals surface area contributed by atoms with Crippen molar-refractivity contribution in [3.05, 3.63) is 94.5 Å². The molecule has 0 unspecified atom stereocenters. The third-order valence-corrected chi connectivity index (χ3v) is 4.28. The fourth-order valence-electron chi connectivity index (χ4n) is 2.45. The Morgan fingerprint density at radius 2 is 1.66 bits per heavy atom. The van der Waals surface area contributed by atoms with Gasteiger partial charge in [-0.3, -0.25) is 10.1 Å². The zero-order valence-corrected chi connectivity index (χ0v) is 15.9. The Bertz CT molecular complexity index is 1060. The van der Waals surface area contributed by atoms with E-state index in [2.05, 4.69) is 16.7 Å². The number of halogens is 1. The first-order valence-electron chi connectivity index (χ1n) is 8.64. The summed E-state index contributed by atoms with van der Waals surface area (Å²) in [6.45, 7) is 0.352. The lowest BCUT2D eigenvalue weighted by Gasteiger charge is -2.09. The molecule has 0 aromatic heterocycles. The molecule has 3 rings (SSSR count). The molecule has 0 radical (unpaired) electrons. The van der Waals surface area contributed by atoms with Crippen LogP contribution in [-0.2, 0) is 6.61 Å². The van der Waals surface area contributed by atoms with Gasteiger partial charge in [0.1, 0.15) is 12.4 Å². The molecule has 0 aliphatic heterocycles. The number of hydrogen-bond acceptors (Lipinski definition) is 4. The SMILES string of the molecule is N#Cc1ccc(COc2ccc(NC(=O)NC(=O)c3ccccc3Cl)cc2)cc1. The molecule has 144 valence electrons. The van der Waals surface area contributed by atoms with Gasteiger partial charge in [-0.25, -0.2) is 4.79 Å². The summed E-state index contributed by atoms with van der Waals surface area (Å²) in [5, 5.41) is 13.9. The van der Waals surface area contributed by atoms with E-state index in [4.69, 9.17) is 21.6 Å². The summed E-state index contributed by atoms with van der Waals surface area (Å²) >= 11 is 5.95. The van der Waals surface area contributed by atoms with Crippen molar-refractivity contribution >= 4 is 29.2 Å². The number of nitrogens with one attached hydrogen (secondary N) is 2. The molecule has 0 saturated carbocycles. The van der Waals surface area contributed by atoms with E-state index in [9.17, 15) is 9.59 Å². The standard InChI is InChI=1S/C22H16ClN3O3/c23-20-4-2-1-3-19(20)21(27)26-22(28)25-17-9-11-18(12-10-17)29-14-16-7-5-15(13-24)6-8-16/h1-12H,14H2,(H2,25,26,27,28). The minimum Gasteiger partial charge on any atom is -0.489 e. The second kappa shape index (κ2) is 9.40. The number of imide groups is 1. The number of nitriles is 1. The predicted octanol–water partition coefficient (Wildman–Crippen LogP) is 4.75. The quantitative estimate of drug-likeness (QED) is 0.640. The lowest BCUT2D eigenvalue weighted by molar-refractivity contribution is 0.0967. The van der Waals surface area contributed by atoms with E-state index in [-0.39, 0.29) is 10.6 Å². The van der Waals surface area contributed by atoms with Crippen molar-refractivity contribution in [2.45, 2.75) is 6.61 Å². The predicted molar refractivity (Wildman–Crippen MR) is 110 cm³/mol. The van der Waals surface area contributed by atoms with Gasteiger partial charge >= 0.3 is 6.03 Å². The van der Waals surface area contributed by atoms with Crippen LogP contribution in [0.5, 0.6) is 5.75 Å². The third kappa shape index (κ3) is 5.58. The van der Waals surface area contributed by atoms with Crippen molar-refractivity contribution in [1.82, 2.24) is 5.32 Å². The van der Waals surface area contributed by atoms with Gasteiger partial charge in [0, 0.05) is 5.69 Å². The maximum Gasteiger partial charge on any atom is 0.326 e. The second-order valence-electron chi connectivity index (χ2n) is 6.01. The van der Waals surface area contributed by atoms with Crippen LogP contribution in [0, 0.1) is 11.3 Å². The van der Waals surface area contributed by atoms with Gasteiger partial charge in [0.2, 0.25) is 0 Å². The molecule has 2 N–H and O–H groups in total. The highest BCUT2D eigenvalue weighted by molar-refractivity contribution is 6.34. The lowest BCUT2D eigenvalue weighted by atomic mass is 10.2. The molecule has 3 amide bonds. The van der Waals surface area contributed by atoms with Crippen molar-refractivity contribution in [2.24, 2.45) is 0 Å². The van der Waals surface area contributed by atoms with E-state index in [0.29, 0.717) is 23.6 Å². The number of rotatable bonds is 5. The highest BCUT2D eigenvalue weighted by Crippen LogP contribution is 2.18. The Morgan fingerprint density at radius 3 is 2.31 bits per heavy atom. The lowest BCUT2D eigenvalue weighted by Crippen LogP contribution is -2.34. The molecule has 0 atom stereocenters. The van der Waals surface area contributed by atoms with E-state index in [1.807, 2.05) is 12.1 Å². The summed E-state index contributed by atoms with van der Waals surface area (Å²) in [5.41, 5.74) is 2.25. The molecule has 29 heavy (non-hydrogen) atoms. The minimum atomic E-state index is -0.666. The Balaban J connectivity index is 1.52. The molecular weight excluding hydrogens is 390 g/mol. The first-order chi connectivity index (χ1) is 14.0. The molecule has 0 saturated heterocycles. The fraction of sp³-hybridized carbons (Fsp3) is 0.0455. The molecule has 3 aromatic rings. The van der Waals surface area contributed by atoms with Crippen LogP contribution in [0.15, 0.2) is 72.8 Å². The topological polar surface area (TPSA) is 91.2 Å². The smallest absolute Gasteiger partial charge is 0.326 e. The van der Waals surface area contributed by atoms with Gasteiger partial charge in [0.15, 0.2) is 0 Å². The first kappa shape index (κ1) is 19.9. The first-order valence-corrected chi connectivity index (χ1v) is 9.02. The summed E-state index contributed by atoms with van der Waals surface area (Å²) in [4.78, 5) is 24.1. The summed E-state index contributed by atoms with van der Waals surface area (Å²) in [6.07, 6.45) is 0. The van der Waals surface area contributed by atoms with Crippen LogP contribution >= 0.6 is 11.6 Å².